The number of carbonyl (C=O) groups is 1. The minimum Gasteiger partial charge on any atom is -0.362 e. The molecule has 24 heavy (non-hydrogen) atoms. The molecule has 0 radical (unpaired) electrons. The van der Waals surface area contributed by atoms with Crippen LogP contribution in [0.5, 0.6) is 0 Å². The van der Waals surface area contributed by atoms with Crippen molar-refractivity contribution in [2.75, 3.05) is 23.3 Å². The summed E-state index contributed by atoms with van der Waals surface area (Å²) in [7, 11) is 0. The van der Waals surface area contributed by atoms with Crippen molar-refractivity contribution in [3.63, 3.8) is 0 Å². The van der Waals surface area contributed by atoms with Crippen molar-refractivity contribution in [1.82, 2.24) is 0 Å². The van der Waals surface area contributed by atoms with E-state index in [0.29, 0.717) is 11.3 Å². The lowest BCUT2D eigenvalue weighted by Crippen LogP contribution is -2.36. The summed E-state index contributed by atoms with van der Waals surface area (Å²) >= 11 is 0. The molecule has 0 atom stereocenters. The third-order valence-corrected chi connectivity index (χ3v) is 4.24. The number of non-ortho nitro benzene ring substituents is 1. The highest BCUT2D eigenvalue weighted by molar-refractivity contribution is 5.95. The molecule has 124 valence electrons. The summed E-state index contributed by atoms with van der Waals surface area (Å²) in [6, 6.07) is 12.6. The van der Waals surface area contributed by atoms with Gasteiger partial charge in [0.2, 0.25) is 5.91 Å². The van der Waals surface area contributed by atoms with Gasteiger partial charge in [0, 0.05) is 30.1 Å². The van der Waals surface area contributed by atoms with Crippen LogP contribution in [0.1, 0.15) is 17.5 Å². The van der Waals surface area contributed by atoms with E-state index in [1.807, 2.05) is 18.2 Å². The Labute approximate surface area is 140 Å². The molecule has 0 fully saturated rings. The van der Waals surface area contributed by atoms with Crippen LogP contribution in [0.25, 0.3) is 0 Å². The molecule has 1 amide bonds. The van der Waals surface area contributed by atoms with Crippen LogP contribution >= 0.6 is 0 Å². The SMILES string of the molecule is Cc1cc([N+](=O)[O-])ccc1NC(=O)CN1CCCc2ccccc21. The Bertz CT molecular complexity index is 789. The molecule has 2 aromatic rings. The second-order valence-electron chi connectivity index (χ2n) is 5.96. The Balaban J connectivity index is 1.70. The van der Waals surface area contributed by atoms with E-state index in [2.05, 4.69) is 16.3 Å². The largest absolute Gasteiger partial charge is 0.362 e. The van der Waals surface area contributed by atoms with Gasteiger partial charge in [0.15, 0.2) is 0 Å². The number of hydrogen-bond acceptors (Lipinski definition) is 4. The van der Waals surface area contributed by atoms with E-state index in [9.17, 15) is 14.9 Å². The van der Waals surface area contributed by atoms with Gasteiger partial charge in [0.05, 0.1) is 11.5 Å². The van der Waals surface area contributed by atoms with Crippen LogP contribution in [0.2, 0.25) is 0 Å². The molecule has 1 heterocycles. The third kappa shape index (κ3) is 3.37. The molecule has 0 bridgehead atoms. The molecule has 3 rings (SSSR count). The molecule has 0 spiro atoms. The lowest BCUT2D eigenvalue weighted by Gasteiger charge is -2.30. The highest BCUT2D eigenvalue weighted by Crippen LogP contribution is 2.26. The van der Waals surface area contributed by atoms with E-state index >= 15 is 0 Å². The number of aryl methyl sites for hydroxylation is 2. The Morgan fingerprint density at radius 1 is 1.29 bits per heavy atom. The normalized spacial score (nSPS) is 13.3. The standard InChI is InChI=1S/C18H19N3O3/c1-13-11-15(21(23)24)8-9-16(13)19-18(22)12-20-10-4-6-14-5-2-3-7-17(14)20/h2-3,5,7-9,11H,4,6,10,12H2,1H3,(H,19,22). The molecule has 0 saturated carbocycles. The number of carbonyl (C=O) groups excluding carboxylic acids is 1. The predicted octanol–water partition coefficient (Wildman–Crippen LogP) is 3.29. The first kappa shape index (κ1) is 16.0. The van der Waals surface area contributed by atoms with Gasteiger partial charge in [-0.15, -0.1) is 0 Å². The minimum absolute atomic E-state index is 0.0236. The van der Waals surface area contributed by atoms with Gasteiger partial charge in [0.25, 0.3) is 5.69 Å². The quantitative estimate of drug-likeness (QED) is 0.691. The van der Waals surface area contributed by atoms with Crippen molar-refractivity contribution >= 4 is 23.0 Å². The van der Waals surface area contributed by atoms with Gasteiger partial charge < -0.3 is 10.2 Å². The van der Waals surface area contributed by atoms with Crippen molar-refractivity contribution in [2.24, 2.45) is 0 Å². The number of nitro groups is 1. The molecule has 6 nitrogen and oxygen atoms in total. The number of fused-ring (bicyclic) bond motifs is 1. The molecular weight excluding hydrogens is 306 g/mol. The summed E-state index contributed by atoms with van der Waals surface area (Å²) < 4.78 is 0. The number of nitrogens with zero attached hydrogens (tertiary/aromatic N) is 2. The van der Waals surface area contributed by atoms with Gasteiger partial charge >= 0.3 is 0 Å². The molecule has 2 aromatic carbocycles. The number of benzene rings is 2. The maximum Gasteiger partial charge on any atom is 0.269 e. The van der Waals surface area contributed by atoms with Crippen LogP contribution in [0.3, 0.4) is 0 Å². The first-order valence-electron chi connectivity index (χ1n) is 7.92. The second kappa shape index (κ2) is 6.70. The van der Waals surface area contributed by atoms with Crippen molar-refractivity contribution in [3.8, 4) is 0 Å². The van der Waals surface area contributed by atoms with Crippen LogP contribution in [0.15, 0.2) is 42.5 Å². The average Bonchev–Trinajstić information content (AvgIpc) is 2.57. The van der Waals surface area contributed by atoms with Crippen LogP contribution in [0.4, 0.5) is 17.1 Å². The van der Waals surface area contributed by atoms with Crippen LogP contribution in [0, 0.1) is 17.0 Å². The molecule has 1 aliphatic rings. The zero-order valence-electron chi connectivity index (χ0n) is 13.5. The number of hydrogen-bond donors (Lipinski definition) is 1. The number of rotatable bonds is 4. The van der Waals surface area contributed by atoms with Crippen molar-refractivity contribution in [1.29, 1.82) is 0 Å². The van der Waals surface area contributed by atoms with E-state index in [-0.39, 0.29) is 18.1 Å². The van der Waals surface area contributed by atoms with Gasteiger partial charge in [0.1, 0.15) is 0 Å². The Kier molecular flexibility index (Phi) is 4.46. The van der Waals surface area contributed by atoms with E-state index < -0.39 is 4.92 Å². The lowest BCUT2D eigenvalue weighted by molar-refractivity contribution is -0.384. The van der Waals surface area contributed by atoms with E-state index in [1.54, 1.807) is 13.0 Å². The maximum absolute atomic E-state index is 12.4. The fraction of sp³-hybridized carbons (Fsp3) is 0.278. The van der Waals surface area contributed by atoms with Gasteiger partial charge in [-0.05, 0) is 43.0 Å². The van der Waals surface area contributed by atoms with Crippen LogP contribution in [-0.4, -0.2) is 23.9 Å². The number of amides is 1. The van der Waals surface area contributed by atoms with E-state index in [4.69, 9.17) is 0 Å². The zero-order chi connectivity index (χ0) is 17.1. The first-order valence-corrected chi connectivity index (χ1v) is 7.92. The lowest BCUT2D eigenvalue weighted by atomic mass is 10.0. The van der Waals surface area contributed by atoms with Gasteiger partial charge in [-0.3, -0.25) is 14.9 Å². The summed E-state index contributed by atoms with van der Waals surface area (Å²) in [6.07, 6.45) is 2.07. The number of para-hydroxylation sites is 1. The molecule has 0 aliphatic carbocycles. The second-order valence-corrected chi connectivity index (χ2v) is 5.96. The van der Waals surface area contributed by atoms with E-state index in [0.717, 1.165) is 25.1 Å². The van der Waals surface area contributed by atoms with E-state index in [1.165, 1.54) is 17.7 Å². The Morgan fingerprint density at radius 2 is 2.08 bits per heavy atom. The van der Waals surface area contributed by atoms with Crippen molar-refractivity contribution < 1.29 is 9.72 Å². The van der Waals surface area contributed by atoms with Crippen LogP contribution < -0.4 is 10.2 Å². The number of anilines is 2. The number of nitro benzene ring substituents is 1. The molecule has 1 aliphatic heterocycles. The average molecular weight is 325 g/mol. The molecule has 0 aromatic heterocycles. The van der Waals surface area contributed by atoms with Gasteiger partial charge in [-0.1, -0.05) is 18.2 Å². The fourth-order valence-corrected chi connectivity index (χ4v) is 3.04. The zero-order valence-corrected chi connectivity index (χ0v) is 13.5. The first-order chi connectivity index (χ1) is 11.5. The summed E-state index contributed by atoms with van der Waals surface area (Å²) in [4.78, 5) is 24.8. The molecule has 1 N–H and O–H groups in total. The minimum atomic E-state index is -0.441. The monoisotopic (exact) mass is 325 g/mol. The highest BCUT2D eigenvalue weighted by atomic mass is 16.6. The number of nitrogens with one attached hydrogen (secondary N) is 1. The highest BCUT2D eigenvalue weighted by Gasteiger charge is 2.19. The summed E-state index contributed by atoms with van der Waals surface area (Å²) in [5.41, 5.74) is 3.69. The summed E-state index contributed by atoms with van der Waals surface area (Å²) in [5, 5.41) is 13.6. The fourth-order valence-electron chi connectivity index (χ4n) is 3.04. The van der Waals surface area contributed by atoms with Gasteiger partial charge in [-0.25, -0.2) is 0 Å². The van der Waals surface area contributed by atoms with Gasteiger partial charge in [-0.2, -0.15) is 0 Å². The molecule has 0 saturated heterocycles. The molecular formula is C18H19N3O3. The molecule has 6 heteroatoms. The Hall–Kier alpha value is -2.89. The van der Waals surface area contributed by atoms with Crippen molar-refractivity contribution in [3.05, 3.63) is 63.7 Å². The Morgan fingerprint density at radius 3 is 2.83 bits per heavy atom. The summed E-state index contributed by atoms with van der Waals surface area (Å²) in [5.74, 6) is -0.122. The molecule has 0 unspecified atom stereocenters. The van der Waals surface area contributed by atoms with Crippen molar-refractivity contribution in [2.45, 2.75) is 19.8 Å². The maximum atomic E-state index is 12.4. The summed E-state index contributed by atoms with van der Waals surface area (Å²) in [6.45, 7) is 2.87. The smallest absolute Gasteiger partial charge is 0.269 e. The topological polar surface area (TPSA) is 75.5 Å². The van der Waals surface area contributed by atoms with Crippen LogP contribution in [-0.2, 0) is 11.2 Å². The third-order valence-electron chi connectivity index (χ3n) is 4.24. The predicted molar refractivity (Wildman–Crippen MR) is 93.4 cm³/mol.